The third-order valence-electron chi connectivity index (χ3n) is 3.35. The summed E-state index contributed by atoms with van der Waals surface area (Å²) in [6.45, 7) is 1.62. The first-order valence-electron chi connectivity index (χ1n) is 6.58. The number of aromatic amines is 1. The topological polar surface area (TPSA) is 69.8 Å². The van der Waals surface area contributed by atoms with E-state index < -0.39 is 5.69 Å². The van der Waals surface area contributed by atoms with Gasteiger partial charge in [-0.3, -0.25) is 0 Å². The van der Waals surface area contributed by atoms with E-state index in [1.807, 2.05) is 0 Å². The summed E-state index contributed by atoms with van der Waals surface area (Å²) >= 11 is 0. The summed E-state index contributed by atoms with van der Waals surface area (Å²) in [5, 5.41) is 6.20. The number of H-pyrrole nitrogens is 1. The predicted molar refractivity (Wildman–Crippen MR) is 74.8 cm³/mol. The molecule has 0 saturated heterocycles. The zero-order valence-electron chi connectivity index (χ0n) is 10.9. The molecule has 0 radical (unpaired) electrons. The van der Waals surface area contributed by atoms with Crippen molar-refractivity contribution in [2.24, 2.45) is 0 Å². The second-order valence-corrected chi connectivity index (χ2v) is 4.70. The molecule has 104 valence electrons. The minimum Gasteiger partial charge on any atom is -0.337 e. The third kappa shape index (κ3) is 2.55. The molecule has 0 unspecified atom stereocenters. The van der Waals surface area contributed by atoms with E-state index in [0.29, 0.717) is 11.5 Å². The maximum absolute atomic E-state index is 13.7. The first-order chi connectivity index (χ1) is 9.74. The standard InChI is InChI=1S/C14H15FN4O/c15-10-3-1-2-4-12(10)17-13-9-5-7-16-8-6-11(9)18-14(20)19-13/h1-4,16H,5-8H2,(H2,17,18,19,20). The van der Waals surface area contributed by atoms with Crippen molar-refractivity contribution >= 4 is 11.5 Å². The highest BCUT2D eigenvalue weighted by Gasteiger charge is 2.15. The molecular weight excluding hydrogens is 259 g/mol. The minimum absolute atomic E-state index is 0.324. The number of rotatable bonds is 2. The average molecular weight is 274 g/mol. The molecule has 0 aliphatic carbocycles. The molecule has 5 nitrogen and oxygen atoms in total. The van der Waals surface area contributed by atoms with Gasteiger partial charge in [-0.1, -0.05) is 12.1 Å². The van der Waals surface area contributed by atoms with E-state index in [1.165, 1.54) is 6.07 Å². The van der Waals surface area contributed by atoms with Crippen LogP contribution in [0.5, 0.6) is 0 Å². The lowest BCUT2D eigenvalue weighted by atomic mass is 10.1. The van der Waals surface area contributed by atoms with E-state index in [0.717, 1.165) is 37.2 Å². The summed E-state index contributed by atoms with van der Waals surface area (Å²) in [7, 11) is 0. The Labute approximate surface area is 115 Å². The number of halogens is 1. The maximum atomic E-state index is 13.7. The van der Waals surface area contributed by atoms with Gasteiger partial charge in [-0.25, -0.2) is 9.18 Å². The highest BCUT2D eigenvalue weighted by molar-refractivity contribution is 5.60. The molecule has 0 bridgehead atoms. The van der Waals surface area contributed by atoms with Crippen molar-refractivity contribution in [3.63, 3.8) is 0 Å². The van der Waals surface area contributed by atoms with Crippen LogP contribution in [0.1, 0.15) is 11.3 Å². The molecule has 3 N–H and O–H groups in total. The van der Waals surface area contributed by atoms with Crippen LogP contribution in [0.15, 0.2) is 29.1 Å². The van der Waals surface area contributed by atoms with Gasteiger partial charge >= 0.3 is 5.69 Å². The minimum atomic E-state index is -0.413. The number of aromatic nitrogens is 2. The number of anilines is 2. The molecule has 1 aromatic heterocycles. The zero-order valence-corrected chi connectivity index (χ0v) is 10.9. The van der Waals surface area contributed by atoms with Crippen LogP contribution in [-0.4, -0.2) is 23.1 Å². The summed E-state index contributed by atoms with van der Waals surface area (Å²) < 4.78 is 13.7. The van der Waals surface area contributed by atoms with Crippen molar-refractivity contribution < 1.29 is 4.39 Å². The number of nitrogens with one attached hydrogen (secondary N) is 3. The van der Waals surface area contributed by atoms with Crippen LogP contribution in [0.25, 0.3) is 0 Å². The highest BCUT2D eigenvalue weighted by atomic mass is 19.1. The Kier molecular flexibility index (Phi) is 3.47. The van der Waals surface area contributed by atoms with Crippen LogP contribution in [0.2, 0.25) is 0 Å². The molecule has 0 atom stereocenters. The fourth-order valence-corrected chi connectivity index (χ4v) is 2.37. The molecule has 0 amide bonds. The molecule has 3 rings (SSSR count). The van der Waals surface area contributed by atoms with Crippen LogP contribution in [0.4, 0.5) is 15.9 Å². The number of fused-ring (bicyclic) bond motifs is 1. The van der Waals surface area contributed by atoms with Gasteiger partial charge in [-0.05, 0) is 25.1 Å². The Balaban J connectivity index is 2.03. The summed E-state index contributed by atoms with van der Waals surface area (Å²) in [4.78, 5) is 18.3. The van der Waals surface area contributed by atoms with Crippen LogP contribution in [0.3, 0.4) is 0 Å². The van der Waals surface area contributed by atoms with E-state index in [4.69, 9.17) is 0 Å². The Hall–Kier alpha value is -2.21. The molecule has 1 aliphatic heterocycles. The molecular formula is C14H15FN4O. The van der Waals surface area contributed by atoms with E-state index in [-0.39, 0.29) is 5.82 Å². The first-order valence-corrected chi connectivity index (χ1v) is 6.58. The highest BCUT2D eigenvalue weighted by Crippen LogP contribution is 2.22. The van der Waals surface area contributed by atoms with Crippen molar-refractivity contribution in [3.8, 4) is 0 Å². The zero-order chi connectivity index (χ0) is 13.9. The quantitative estimate of drug-likeness (QED) is 0.773. The maximum Gasteiger partial charge on any atom is 0.347 e. The van der Waals surface area contributed by atoms with E-state index in [2.05, 4.69) is 20.6 Å². The average Bonchev–Trinajstić information content (AvgIpc) is 2.66. The molecule has 0 fully saturated rings. The van der Waals surface area contributed by atoms with Gasteiger partial charge in [0, 0.05) is 24.2 Å². The van der Waals surface area contributed by atoms with Gasteiger partial charge in [0.05, 0.1) is 5.69 Å². The van der Waals surface area contributed by atoms with Gasteiger partial charge in [0.2, 0.25) is 0 Å². The Morgan fingerprint density at radius 1 is 1.20 bits per heavy atom. The van der Waals surface area contributed by atoms with Crippen molar-refractivity contribution in [2.75, 3.05) is 18.4 Å². The Bertz CT molecular complexity index is 683. The van der Waals surface area contributed by atoms with Crippen molar-refractivity contribution in [3.05, 3.63) is 51.8 Å². The second-order valence-electron chi connectivity index (χ2n) is 4.70. The van der Waals surface area contributed by atoms with Gasteiger partial charge in [0.1, 0.15) is 11.6 Å². The lowest BCUT2D eigenvalue weighted by Gasteiger charge is -2.12. The largest absolute Gasteiger partial charge is 0.347 e. The monoisotopic (exact) mass is 274 g/mol. The fraction of sp³-hybridized carbons (Fsp3) is 0.286. The van der Waals surface area contributed by atoms with Gasteiger partial charge in [0.25, 0.3) is 0 Å². The summed E-state index contributed by atoms with van der Waals surface area (Å²) in [6, 6.07) is 6.35. The number of nitrogens with zero attached hydrogens (tertiary/aromatic N) is 1. The van der Waals surface area contributed by atoms with Crippen LogP contribution < -0.4 is 16.3 Å². The second kappa shape index (κ2) is 5.42. The molecule has 2 aromatic rings. The molecule has 20 heavy (non-hydrogen) atoms. The van der Waals surface area contributed by atoms with Crippen LogP contribution in [0, 0.1) is 5.82 Å². The SMILES string of the molecule is O=c1nc(Nc2ccccc2F)c2c([nH]1)CCNCC2. The molecule has 1 aromatic carbocycles. The van der Waals surface area contributed by atoms with Crippen molar-refractivity contribution in [1.29, 1.82) is 0 Å². The van der Waals surface area contributed by atoms with Crippen LogP contribution >= 0.6 is 0 Å². The van der Waals surface area contributed by atoms with Crippen molar-refractivity contribution in [1.82, 2.24) is 15.3 Å². The predicted octanol–water partition coefficient (Wildman–Crippen LogP) is 1.34. The fourth-order valence-electron chi connectivity index (χ4n) is 2.37. The molecule has 2 heterocycles. The lowest BCUT2D eigenvalue weighted by Crippen LogP contribution is -2.18. The Morgan fingerprint density at radius 3 is 2.85 bits per heavy atom. The normalized spacial score (nSPS) is 14.4. The lowest BCUT2D eigenvalue weighted by molar-refractivity contribution is 0.631. The van der Waals surface area contributed by atoms with Gasteiger partial charge in [-0.2, -0.15) is 4.98 Å². The Morgan fingerprint density at radius 2 is 2.00 bits per heavy atom. The summed E-state index contributed by atoms with van der Waals surface area (Å²) in [5.41, 5.74) is 1.72. The number of para-hydroxylation sites is 1. The summed E-state index contributed by atoms with van der Waals surface area (Å²) in [6.07, 6.45) is 1.48. The van der Waals surface area contributed by atoms with Crippen molar-refractivity contribution in [2.45, 2.75) is 12.8 Å². The summed E-state index contributed by atoms with van der Waals surface area (Å²) in [5.74, 6) is 0.0765. The number of benzene rings is 1. The van der Waals surface area contributed by atoms with Gasteiger partial charge in [0.15, 0.2) is 0 Å². The molecule has 1 aliphatic rings. The third-order valence-corrected chi connectivity index (χ3v) is 3.35. The first kappa shape index (κ1) is 12.8. The van der Waals surface area contributed by atoms with Gasteiger partial charge < -0.3 is 15.6 Å². The van der Waals surface area contributed by atoms with E-state index in [9.17, 15) is 9.18 Å². The molecule has 0 spiro atoms. The molecule has 0 saturated carbocycles. The number of hydrogen-bond donors (Lipinski definition) is 3. The van der Waals surface area contributed by atoms with Crippen LogP contribution in [-0.2, 0) is 12.8 Å². The van der Waals surface area contributed by atoms with E-state index >= 15 is 0 Å². The van der Waals surface area contributed by atoms with E-state index in [1.54, 1.807) is 18.2 Å². The van der Waals surface area contributed by atoms with Gasteiger partial charge in [-0.15, -0.1) is 0 Å². The smallest absolute Gasteiger partial charge is 0.337 e. The number of hydrogen-bond acceptors (Lipinski definition) is 4. The molecule has 6 heteroatoms.